The summed E-state index contributed by atoms with van der Waals surface area (Å²) in [6, 6.07) is 2.44. The fourth-order valence-electron chi connectivity index (χ4n) is 2.96. The number of nitrogens with one attached hydrogen (secondary N) is 2. The molecule has 0 aromatic carbocycles. The lowest BCUT2D eigenvalue weighted by atomic mass is 10.0. The maximum Gasteiger partial charge on any atom is 0.257 e. The van der Waals surface area contributed by atoms with Crippen LogP contribution in [0.1, 0.15) is 51.8 Å². The third-order valence-corrected chi connectivity index (χ3v) is 4.54. The Morgan fingerprint density at radius 2 is 1.85 bits per heavy atom. The summed E-state index contributed by atoms with van der Waals surface area (Å²) in [6.45, 7) is 11.3. The zero-order valence-electron chi connectivity index (χ0n) is 16.8. The van der Waals surface area contributed by atoms with Gasteiger partial charge in [-0.3, -0.25) is 0 Å². The van der Waals surface area contributed by atoms with E-state index in [1.807, 2.05) is 13.1 Å². The number of anilines is 2. The van der Waals surface area contributed by atoms with Crippen LogP contribution in [0.2, 0.25) is 0 Å². The van der Waals surface area contributed by atoms with Crippen LogP contribution in [0.5, 0.6) is 5.88 Å². The molecule has 0 fully saturated rings. The van der Waals surface area contributed by atoms with E-state index in [9.17, 15) is 0 Å². The highest BCUT2D eigenvalue weighted by molar-refractivity contribution is 5.69. The van der Waals surface area contributed by atoms with Crippen molar-refractivity contribution >= 4 is 11.6 Å². The van der Waals surface area contributed by atoms with Crippen LogP contribution < -0.4 is 15.4 Å². The van der Waals surface area contributed by atoms with Crippen LogP contribution in [0.25, 0.3) is 11.3 Å². The average molecular weight is 358 g/mol. The Kier molecular flexibility index (Phi) is 7.18. The zero-order valence-corrected chi connectivity index (χ0v) is 16.8. The van der Waals surface area contributed by atoms with Crippen LogP contribution in [0, 0.1) is 6.92 Å². The predicted molar refractivity (Wildman–Crippen MR) is 108 cm³/mol. The van der Waals surface area contributed by atoms with Crippen molar-refractivity contribution in [1.29, 1.82) is 0 Å². The molecule has 2 aromatic heterocycles. The van der Waals surface area contributed by atoms with E-state index in [-0.39, 0.29) is 0 Å². The fourth-order valence-corrected chi connectivity index (χ4v) is 2.96. The van der Waals surface area contributed by atoms with Gasteiger partial charge in [-0.25, -0.2) is 15.0 Å². The number of rotatable bonds is 9. The monoisotopic (exact) mass is 357 g/mol. The summed E-state index contributed by atoms with van der Waals surface area (Å²) < 4.78 is 5.52. The van der Waals surface area contributed by atoms with Crippen molar-refractivity contribution in [3.63, 3.8) is 0 Å². The van der Waals surface area contributed by atoms with Crippen LogP contribution in [0.4, 0.5) is 11.6 Å². The minimum absolute atomic E-state index is 0.357. The highest BCUT2D eigenvalue weighted by Gasteiger charge is 2.17. The zero-order chi connectivity index (χ0) is 19.1. The van der Waals surface area contributed by atoms with Gasteiger partial charge in [0, 0.05) is 24.3 Å². The maximum absolute atomic E-state index is 5.52. The molecule has 0 atom stereocenters. The van der Waals surface area contributed by atoms with E-state index in [4.69, 9.17) is 14.7 Å². The van der Waals surface area contributed by atoms with Crippen molar-refractivity contribution in [2.45, 2.75) is 59.9 Å². The third kappa shape index (κ3) is 4.42. The Hall–Kier alpha value is -2.37. The van der Waals surface area contributed by atoms with Crippen LogP contribution in [0.3, 0.4) is 0 Å². The van der Waals surface area contributed by atoms with E-state index < -0.39 is 0 Å². The topological polar surface area (TPSA) is 72.0 Å². The van der Waals surface area contributed by atoms with E-state index in [1.165, 1.54) is 5.56 Å². The smallest absolute Gasteiger partial charge is 0.257 e. The Bertz CT molecular complexity index is 728. The van der Waals surface area contributed by atoms with Crippen molar-refractivity contribution in [1.82, 2.24) is 15.0 Å². The Morgan fingerprint density at radius 3 is 2.42 bits per heavy atom. The lowest BCUT2D eigenvalue weighted by molar-refractivity contribution is 0.397. The van der Waals surface area contributed by atoms with Gasteiger partial charge < -0.3 is 15.4 Å². The Labute approximate surface area is 156 Å². The number of hydrogen-bond donors (Lipinski definition) is 2. The SMILES string of the molecule is CCNc1cc(CC)c(-c2nc(OC)c(NC(CC)CC)nc2C)cn1. The molecule has 26 heavy (non-hydrogen) atoms. The molecule has 0 spiro atoms. The van der Waals surface area contributed by atoms with Gasteiger partial charge in [-0.15, -0.1) is 0 Å². The van der Waals surface area contributed by atoms with Gasteiger partial charge in [0.1, 0.15) is 5.82 Å². The molecule has 142 valence electrons. The van der Waals surface area contributed by atoms with E-state index in [0.717, 1.165) is 48.6 Å². The first-order valence-electron chi connectivity index (χ1n) is 9.50. The van der Waals surface area contributed by atoms with Gasteiger partial charge in [-0.1, -0.05) is 20.8 Å². The summed E-state index contributed by atoms with van der Waals surface area (Å²) in [5.74, 6) is 2.12. The van der Waals surface area contributed by atoms with Crippen LogP contribution in [-0.4, -0.2) is 34.6 Å². The molecule has 0 radical (unpaired) electrons. The maximum atomic E-state index is 5.52. The first-order valence-corrected chi connectivity index (χ1v) is 9.50. The van der Waals surface area contributed by atoms with Crippen molar-refractivity contribution in [2.75, 3.05) is 24.3 Å². The molecule has 2 aromatic rings. The van der Waals surface area contributed by atoms with Crippen LogP contribution in [0.15, 0.2) is 12.3 Å². The first kappa shape index (κ1) is 19.9. The number of hydrogen-bond acceptors (Lipinski definition) is 6. The molecule has 0 amide bonds. The summed E-state index contributed by atoms with van der Waals surface area (Å²) in [7, 11) is 1.63. The minimum Gasteiger partial charge on any atom is -0.478 e. The van der Waals surface area contributed by atoms with Crippen molar-refractivity contribution in [3.05, 3.63) is 23.5 Å². The highest BCUT2D eigenvalue weighted by Crippen LogP contribution is 2.31. The first-order chi connectivity index (χ1) is 12.6. The van der Waals surface area contributed by atoms with Crippen molar-refractivity contribution in [3.8, 4) is 17.1 Å². The van der Waals surface area contributed by atoms with Gasteiger partial charge in [0.15, 0.2) is 5.82 Å². The lowest BCUT2D eigenvalue weighted by Gasteiger charge is -2.19. The van der Waals surface area contributed by atoms with E-state index >= 15 is 0 Å². The van der Waals surface area contributed by atoms with Gasteiger partial charge in [0.2, 0.25) is 0 Å². The van der Waals surface area contributed by atoms with E-state index in [0.29, 0.717) is 17.7 Å². The summed E-state index contributed by atoms with van der Waals surface area (Å²) >= 11 is 0. The largest absolute Gasteiger partial charge is 0.478 e. The molecule has 6 nitrogen and oxygen atoms in total. The standard InChI is InChI=1S/C20H31N5O/c1-7-14-11-17(21-10-4)22-12-16(14)18-13(5)23-19(20(25-18)26-6)24-15(8-2)9-3/h11-12,15H,7-10H2,1-6H3,(H,21,22)(H,23,24). The molecule has 0 saturated carbocycles. The highest BCUT2D eigenvalue weighted by atomic mass is 16.5. The number of pyridine rings is 1. The van der Waals surface area contributed by atoms with E-state index in [2.05, 4.69) is 49.4 Å². The van der Waals surface area contributed by atoms with Gasteiger partial charge >= 0.3 is 0 Å². The summed E-state index contributed by atoms with van der Waals surface area (Å²) in [5.41, 5.74) is 3.89. The molecule has 0 aliphatic heterocycles. The third-order valence-electron chi connectivity index (χ3n) is 4.54. The molecule has 0 unspecified atom stereocenters. The van der Waals surface area contributed by atoms with Crippen LogP contribution in [-0.2, 0) is 6.42 Å². The van der Waals surface area contributed by atoms with Gasteiger partial charge in [0.25, 0.3) is 5.88 Å². The summed E-state index contributed by atoms with van der Waals surface area (Å²) in [5, 5.41) is 6.71. The fraction of sp³-hybridized carbons (Fsp3) is 0.550. The second-order valence-electron chi connectivity index (χ2n) is 6.28. The van der Waals surface area contributed by atoms with Crippen LogP contribution >= 0.6 is 0 Å². The summed E-state index contributed by atoms with van der Waals surface area (Å²) in [6.07, 6.45) is 4.82. The average Bonchev–Trinajstić information content (AvgIpc) is 2.66. The molecule has 2 heterocycles. The molecule has 2 rings (SSSR count). The van der Waals surface area contributed by atoms with Gasteiger partial charge in [0.05, 0.1) is 18.5 Å². The molecule has 0 bridgehead atoms. The number of aryl methyl sites for hydroxylation is 2. The van der Waals surface area contributed by atoms with Crippen molar-refractivity contribution in [2.24, 2.45) is 0 Å². The minimum atomic E-state index is 0.357. The molecule has 0 aliphatic carbocycles. The second-order valence-corrected chi connectivity index (χ2v) is 6.28. The lowest BCUT2D eigenvalue weighted by Crippen LogP contribution is -2.19. The van der Waals surface area contributed by atoms with Gasteiger partial charge in [-0.2, -0.15) is 0 Å². The quantitative estimate of drug-likeness (QED) is 0.691. The molecule has 0 saturated heterocycles. The molecule has 2 N–H and O–H groups in total. The molecular formula is C20H31N5O. The Morgan fingerprint density at radius 1 is 1.12 bits per heavy atom. The number of aromatic nitrogens is 3. The number of nitrogens with zero attached hydrogens (tertiary/aromatic N) is 3. The molecular weight excluding hydrogens is 326 g/mol. The predicted octanol–water partition coefficient (Wildman–Crippen LogP) is 4.45. The number of methoxy groups -OCH3 is 1. The summed E-state index contributed by atoms with van der Waals surface area (Å²) in [4.78, 5) is 14.0. The normalized spacial score (nSPS) is 10.9. The van der Waals surface area contributed by atoms with Gasteiger partial charge in [-0.05, 0) is 44.7 Å². The Balaban J connectivity index is 2.47. The second kappa shape index (κ2) is 9.36. The van der Waals surface area contributed by atoms with Crippen molar-refractivity contribution < 1.29 is 4.74 Å². The molecule has 6 heteroatoms. The number of ether oxygens (including phenoxy) is 1. The molecule has 0 aliphatic rings. The van der Waals surface area contributed by atoms with E-state index in [1.54, 1.807) is 7.11 Å².